The van der Waals surface area contributed by atoms with Crippen molar-refractivity contribution in [3.8, 4) is 11.1 Å². The summed E-state index contributed by atoms with van der Waals surface area (Å²) >= 11 is 0. The Morgan fingerprint density at radius 3 is 2.16 bits per heavy atom. The molecule has 0 saturated carbocycles. The summed E-state index contributed by atoms with van der Waals surface area (Å²) in [6.45, 7) is 0.764. The third kappa shape index (κ3) is 4.31. The molecule has 0 radical (unpaired) electrons. The minimum absolute atomic E-state index is 0.0668. The number of likely N-dealkylation sites (N-methyl/N-ethyl adjacent to an activating group) is 1. The Morgan fingerprint density at radius 1 is 1.06 bits per heavy atom. The lowest BCUT2D eigenvalue weighted by molar-refractivity contribution is -0.153. The number of carboxylic acid groups (broad SMARTS) is 1. The number of nitrogens with zero attached hydrogens (tertiary/aromatic N) is 2. The van der Waals surface area contributed by atoms with E-state index >= 15 is 0 Å². The molecule has 1 heterocycles. The SMILES string of the molecule is CN(C)C[C@H](NC(=O)OCC1c2ccccc2-c2ccccc21)C(=O)N1CC(C(=O)O)C1. The number of carbonyl (C=O) groups excluding carboxylic acids is 2. The molecule has 0 bridgehead atoms. The average Bonchev–Trinajstić information content (AvgIpc) is 3.04. The number of carbonyl (C=O) groups is 3. The molecular formula is C24H27N3O5. The van der Waals surface area contributed by atoms with Crippen molar-refractivity contribution in [3.63, 3.8) is 0 Å². The van der Waals surface area contributed by atoms with Gasteiger partial charge in [0.15, 0.2) is 0 Å². The molecule has 168 valence electrons. The van der Waals surface area contributed by atoms with Gasteiger partial charge in [0.25, 0.3) is 0 Å². The average molecular weight is 437 g/mol. The number of likely N-dealkylation sites (tertiary alicyclic amines) is 1. The van der Waals surface area contributed by atoms with Gasteiger partial charge in [-0.3, -0.25) is 9.59 Å². The molecule has 1 atom stereocenters. The Bertz CT molecular complexity index is 986. The van der Waals surface area contributed by atoms with Gasteiger partial charge in [-0.05, 0) is 36.3 Å². The molecule has 32 heavy (non-hydrogen) atoms. The second kappa shape index (κ2) is 9.00. The minimum Gasteiger partial charge on any atom is -0.481 e. The molecule has 1 fully saturated rings. The van der Waals surface area contributed by atoms with E-state index < -0.39 is 24.0 Å². The summed E-state index contributed by atoms with van der Waals surface area (Å²) < 4.78 is 5.56. The lowest BCUT2D eigenvalue weighted by Crippen LogP contribution is -2.60. The number of hydrogen-bond acceptors (Lipinski definition) is 5. The van der Waals surface area contributed by atoms with Gasteiger partial charge in [-0.15, -0.1) is 0 Å². The van der Waals surface area contributed by atoms with Crippen LogP contribution in [0.25, 0.3) is 11.1 Å². The predicted octanol–water partition coefficient (Wildman–Crippen LogP) is 2.00. The molecule has 2 amide bonds. The van der Waals surface area contributed by atoms with Gasteiger partial charge in [-0.25, -0.2) is 4.79 Å². The lowest BCUT2D eigenvalue weighted by Gasteiger charge is -2.39. The highest BCUT2D eigenvalue weighted by atomic mass is 16.5. The maximum atomic E-state index is 12.8. The largest absolute Gasteiger partial charge is 0.481 e. The van der Waals surface area contributed by atoms with E-state index in [1.807, 2.05) is 36.4 Å². The molecule has 1 saturated heterocycles. The van der Waals surface area contributed by atoms with Crippen LogP contribution in [0.5, 0.6) is 0 Å². The Hall–Kier alpha value is -3.39. The van der Waals surface area contributed by atoms with E-state index in [4.69, 9.17) is 9.84 Å². The van der Waals surface area contributed by atoms with Gasteiger partial charge in [-0.1, -0.05) is 48.5 Å². The molecule has 2 aromatic rings. The first kappa shape index (κ1) is 21.8. The van der Waals surface area contributed by atoms with E-state index in [0.29, 0.717) is 0 Å². The number of alkyl carbamates (subject to hydrolysis) is 1. The fourth-order valence-corrected chi connectivity index (χ4v) is 4.37. The van der Waals surface area contributed by atoms with Gasteiger partial charge in [0, 0.05) is 25.6 Å². The third-order valence-corrected chi connectivity index (χ3v) is 6.02. The lowest BCUT2D eigenvalue weighted by atomic mass is 9.98. The van der Waals surface area contributed by atoms with Gasteiger partial charge in [-0.2, -0.15) is 0 Å². The van der Waals surface area contributed by atoms with Crippen LogP contribution in [0.4, 0.5) is 4.79 Å². The van der Waals surface area contributed by atoms with Gasteiger partial charge in [0.1, 0.15) is 12.6 Å². The summed E-state index contributed by atoms with van der Waals surface area (Å²) in [6.07, 6.45) is -0.664. The molecule has 2 aromatic carbocycles. The van der Waals surface area contributed by atoms with Crippen molar-refractivity contribution >= 4 is 18.0 Å². The van der Waals surface area contributed by atoms with E-state index in [-0.39, 0.29) is 38.1 Å². The molecule has 1 aliphatic heterocycles. The van der Waals surface area contributed by atoms with Crippen molar-refractivity contribution in [2.45, 2.75) is 12.0 Å². The fraction of sp³-hybridized carbons (Fsp3) is 0.375. The number of hydrogen-bond donors (Lipinski definition) is 2. The topological polar surface area (TPSA) is 99.2 Å². The highest BCUT2D eigenvalue weighted by Gasteiger charge is 2.39. The summed E-state index contributed by atoms with van der Waals surface area (Å²) in [4.78, 5) is 39.7. The van der Waals surface area contributed by atoms with Crippen LogP contribution in [0, 0.1) is 5.92 Å². The summed E-state index contributed by atoms with van der Waals surface area (Å²) in [5.41, 5.74) is 4.51. The van der Waals surface area contributed by atoms with Gasteiger partial charge in [0.05, 0.1) is 5.92 Å². The van der Waals surface area contributed by atoms with Crippen molar-refractivity contribution in [3.05, 3.63) is 59.7 Å². The van der Waals surface area contributed by atoms with Gasteiger partial charge < -0.3 is 25.0 Å². The fourth-order valence-electron chi connectivity index (χ4n) is 4.37. The van der Waals surface area contributed by atoms with E-state index in [2.05, 4.69) is 17.4 Å². The zero-order valence-electron chi connectivity index (χ0n) is 18.2. The van der Waals surface area contributed by atoms with E-state index in [0.717, 1.165) is 22.3 Å². The Labute approximate surface area is 186 Å². The Morgan fingerprint density at radius 2 is 1.62 bits per heavy atom. The third-order valence-electron chi connectivity index (χ3n) is 6.02. The van der Waals surface area contributed by atoms with Crippen molar-refractivity contribution in [1.29, 1.82) is 0 Å². The first-order valence-electron chi connectivity index (χ1n) is 10.6. The van der Waals surface area contributed by atoms with Crippen LogP contribution in [0.2, 0.25) is 0 Å². The number of aliphatic carboxylic acids is 1. The molecule has 8 heteroatoms. The summed E-state index contributed by atoms with van der Waals surface area (Å²) in [6, 6.07) is 15.3. The van der Waals surface area contributed by atoms with Crippen molar-refractivity contribution < 1.29 is 24.2 Å². The van der Waals surface area contributed by atoms with Crippen LogP contribution in [0.1, 0.15) is 17.0 Å². The van der Waals surface area contributed by atoms with Crippen molar-refractivity contribution in [2.75, 3.05) is 40.3 Å². The predicted molar refractivity (Wildman–Crippen MR) is 118 cm³/mol. The summed E-state index contributed by atoms with van der Waals surface area (Å²) in [7, 11) is 3.60. The van der Waals surface area contributed by atoms with Crippen molar-refractivity contribution in [2.24, 2.45) is 5.92 Å². The molecule has 0 spiro atoms. The molecular weight excluding hydrogens is 410 g/mol. The van der Waals surface area contributed by atoms with Crippen LogP contribution in [0.15, 0.2) is 48.5 Å². The number of fused-ring (bicyclic) bond motifs is 3. The summed E-state index contributed by atoms with van der Waals surface area (Å²) in [5, 5.41) is 11.7. The van der Waals surface area contributed by atoms with E-state index in [9.17, 15) is 14.4 Å². The van der Waals surface area contributed by atoms with Crippen LogP contribution >= 0.6 is 0 Å². The molecule has 2 aliphatic rings. The molecule has 0 unspecified atom stereocenters. The Kier molecular flexibility index (Phi) is 6.14. The molecule has 2 N–H and O–H groups in total. The second-order valence-electron chi connectivity index (χ2n) is 8.56. The van der Waals surface area contributed by atoms with E-state index in [1.165, 1.54) is 4.90 Å². The number of benzene rings is 2. The number of nitrogens with one attached hydrogen (secondary N) is 1. The Balaban J connectivity index is 1.40. The zero-order chi connectivity index (χ0) is 22.8. The van der Waals surface area contributed by atoms with Crippen LogP contribution in [0.3, 0.4) is 0 Å². The van der Waals surface area contributed by atoms with Crippen LogP contribution in [-0.4, -0.2) is 79.3 Å². The van der Waals surface area contributed by atoms with E-state index in [1.54, 1.807) is 19.0 Å². The monoisotopic (exact) mass is 437 g/mol. The normalized spacial score (nSPS) is 16.2. The molecule has 0 aromatic heterocycles. The number of carboxylic acids is 1. The van der Waals surface area contributed by atoms with Crippen LogP contribution < -0.4 is 5.32 Å². The minimum atomic E-state index is -0.914. The summed E-state index contributed by atoms with van der Waals surface area (Å²) in [5.74, 6) is -1.83. The number of ether oxygens (including phenoxy) is 1. The first-order chi connectivity index (χ1) is 15.3. The van der Waals surface area contributed by atoms with Gasteiger partial charge in [0.2, 0.25) is 5.91 Å². The highest BCUT2D eigenvalue weighted by molar-refractivity contribution is 5.88. The molecule has 4 rings (SSSR count). The maximum absolute atomic E-state index is 12.8. The first-order valence-corrected chi connectivity index (χ1v) is 10.6. The van der Waals surface area contributed by atoms with Crippen LogP contribution in [-0.2, 0) is 14.3 Å². The zero-order valence-corrected chi connectivity index (χ0v) is 18.2. The van der Waals surface area contributed by atoms with Gasteiger partial charge >= 0.3 is 12.1 Å². The maximum Gasteiger partial charge on any atom is 0.407 e. The number of amides is 2. The number of rotatable bonds is 7. The second-order valence-corrected chi connectivity index (χ2v) is 8.56. The standard InChI is InChI=1S/C24H27N3O5/c1-26(2)13-21(22(28)27-11-15(12-27)23(29)30)25-24(31)32-14-20-18-9-5-3-7-16(18)17-8-4-6-10-19(17)20/h3-10,15,20-21H,11-14H2,1-2H3,(H,25,31)(H,29,30)/t21-/m0/s1. The highest BCUT2D eigenvalue weighted by Crippen LogP contribution is 2.44. The smallest absolute Gasteiger partial charge is 0.407 e. The quantitative estimate of drug-likeness (QED) is 0.688. The molecule has 8 nitrogen and oxygen atoms in total. The molecule has 1 aliphatic carbocycles. The van der Waals surface area contributed by atoms with Crippen molar-refractivity contribution in [1.82, 2.24) is 15.1 Å².